The number of piperidine rings is 1. The Kier molecular flexibility index (Phi) is 3.82. The van der Waals surface area contributed by atoms with Gasteiger partial charge in [-0.25, -0.2) is 9.97 Å². The quantitative estimate of drug-likeness (QED) is 0.871. The molecule has 1 aliphatic heterocycles. The van der Waals surface area contributed by atoms with Gasteiger partial charge in [-0.15, -0.1) is 11.3 Å². The van der Waals surface area contributed by atoms with Crippen LogP contribution in [0.15, 0.2) is 17.8 Å². The van der Waals surface area contributed by atoms with Gasteiger partial charge >= 0.3 is 0 Å². The van der Waals surface area contributed by atoms with Gasteiger partial charge in [-0.3, -0.25) is 4.79 Å². The van der Waals surface area contributed by atoms with E-state index in [4.69, 9.17) is 4.74 Å². The van der Waals surface area contributed by atoms with Crippen molar-refractivity contribution in [2.75, 3.05) is 13.2 Å². The van der Waals surface area contributed by atoms with E-state index in [1.54, 1.807) is 0 Å². The largest absolute Gasteiger partial charge is 0.467 e. The first-order valence-corrected chi connectivity index (χ1v) is 7.74. The minimum absolute atomic E-state index is 0.0409. The van der Waals surface area contributed by atoms with Gasteiger partial charge in [-0.2, -0.15) is 0 Å². The average Bonchev–Trinajstić information content (AvgIpc) is 2.94. The number of likely N-dealkylation sites (tertiary alicyclic amines) is 1. The summed E-state index contributed by atoms with van der Waals surface area (Å²) in [5, 5.41) is 2.82. The molecule has 0 N–H and O–H groups in total. The molecule has 1 fully saturated rings. The molecule has 1 saturated heterocycles. The van der Waals surface area contributed by atoms with Crippen molar-refractivity contribution in [3.05, 3.63) is 17.8 Å². The predicted octanol–water partition coefficient (Wildman–Crippen LogP) is 2.47. The van der Waals surface area contributed by atoms with E-state index in [1.165, 1.54) is 24.1 Å². The summed E-state index contributed by atoms with van der Waals surface area (Å²) in [6, 6.07) is 2.23. The summed E-state index contributed by atoms with van der Waals surface area (Å²) >= 11 is 1.54. The molecule has 2 aromatic heterocycles. The van der Waals surface area contributed by atoms with Gasteiger partial charge in [0, 0.05) is 12.6 Å². The molecule has 106 valence electrons. The van der Waals surface area contributed by atoms with Crippen LogP contribution < -0.4 is 4.74 Å². The van der Waals surface area contributed by atoms with Crippen LogP contribution in [0.25, 0.3) is 10.2 Å². The van der Waals surface area contributed by atoms with E-state index in [-0.39, 0.29) is 12.5 Å². The number of carbonyl (C=O) groups is 1. The van der Waals surface area contributed by atoms with Gasteiger partial charge in [-0.1, -0.05) is 0 Å². The second-order valence-corrected chi connectivity index (χ2v) is 5.93. The first-order chi connectivity index (χ1) is 9.75. The van der Waals surface area contributed by atoms with Crippen LogP contribution >= 0.6 is 11.3 Å². The Hall–Kier alpha value is -1.69. The van der Waals surface area contributed by atoms with E-state index in [0.29, 0.717) is 11.9 Å². The topological polar surface area (TPSA) is 55.3 Å². The summed E-state index contributed by atoms with van der Waals surface area (Å²) in [5.74, 6) is 0.536. The normalized spacial score (nSPS) is 19.2. The van der Waals surface area contributed by atoms with Crippen LogP contribution in [0.4, 0.5) is 0 Å². The molecule has 0 saturated carbocycles. The molecule has 1 amide bonds. The Morgan fingerprint density at radius 1 is 1.50 bits per heavy atom. The number of ether oxygens (including phenoxy) is 1. The lowest BCUT2D eigenvalue weighted by molar-refractivity contribution is -0.136. The molecule has 0 spiro atoms. The van der Waals surface area contributed by atoms with Crippen molar-refractivity contribution in [1.82, 2.24) is 14.9 Å². The van der Waals surface area contributed by atoms with Crippen molar-refractivity contribution in [3.8, 4) is 5.88 Å². The Labute approximate surface area is 121 Å². The third-order valence-corrected chi connectivity index (χ3v) is 4.50. The lowest BCUT2D eigenvalue weighted by Gasteiger charge is -2.33. The Balaban J connectivity index is 1.67. The minimum Gasteiger partial charge on any atom is -0.467 e. The van der Waals surface area contributed by atoms with Gasteiger partial charge < -0.3 is 9.64 Å². The highest BCUT2D eigenvalue weighted by Gasteiger charge is 2.23. The van der Waals surface area contributed by atoms with Gasteiger partial charge in [0.1, 0.15) is 11.2 Å². The fourth-order valence-electron chi connectivity index (χ4n) is 2.56. The molecule has 2 aromatic rings. The fraction of sp³-hybridized carbons (Fsp3) is 0.500. The summed E-state index contributed by atoms with van der Waals surface area (Å²) in [4.78, 5) is 23.3. The van der Waals surface area contributed by atoms with Crippen LogP contribution in [0.5, 0.6) is 5.88 Å². The molecular formula is C14H17N3O2S. The maximum atomic E-state index is 12.2. The standard InChI is InChI=1S/C14H17N3O2S/c1-10-4-2-3-6-17(10)12(18)8-19-13-11-5-7-20-14(11)16-9-15-13/h5,7,9-10H,2-4,6,8H2,1H3/t10-/m0/s1. The first kappa shape index (κ1) is 13.3. The molecule has 0 aromatic carbocycles. The monoisotopic (exact) mass is 291 g/mol. The van der Waals surface area contributed by atoms with Gasteiger partial charge in [0.2, 0.25) is 5.88 Å². The molecule has 1 atom stereocenters. The summed E-state index contributed by atoms with van der Waals surface area (Å²) in [5.41, 5.74) is 0. The number of nitrogens with zero attached hydrogens (tertiary/aromatic N) is 3. The highest BCUT2D eigenvalue weighted by atomic mass is 32.1. The second-order valence-electron chi connectivity index (χ2n) is 5.04. The molecule has 3 heterocycles. The summed E-state index contributed by atoms with van der Waals surface area (Å²) in [6.45, 7) is 2.98. The highest BCUT2D eigenvalue weighted by Crippen LogP contribution is 2.25. The second kappa shape index (κ2) is 5.75. The highest BCUT2D eigenvalue weighted by molar-refractivity contribution is 7.16. The SMILES string of the molecule is C[C@H]1CCCCN1C(=O)COc1ncnc2sccc12. The van der Waals surface area contributed by atoms with Gasteiger partial charge in [0.15, 0.2) is 6.61 Å². The molecule has 3 rings (SSSR count). The molecule has 0 bridgehead atoms. The zero-order chi connectivity index (χ0) is 13.9. The van der Waals surface area contributed by atoms with Crippen LogP contribution in [0.2, 0.25) is 0 Å². The predicted molar refractivity (Wildman–Crippen MR) is 77.9 cm³/mol. The van der Waals surface area contributed by atoms with Crippen molar-refractivity contribution in [1.29, 1.82) is 0 Å². The van der Waals surface area contributed by atoms with Crippen LogP contribution in [-0.2, 0) is 4.79 Å². The van der Waals surface area contributed by atoms with Crippen molar-refractivity contribution in [3.63, 3.8) is 0 Å². The minimum atomic E-state index is 0.0409. The molecule has 0 radical (unpaired) electrons. The van der Waals surface area contributed by atoms with Crippen molar-refractivity contribution in [2.24, 2.45) is 0 Å². The molecular weight excluding hydrogens is 274 g/mol. The Morgan fingerprint density at radius 3 is 3.25 bits per heavy atom. The first-order valence-electron chi connectivity index (χ1n) is 6.86. The van der Waals surface area contributed by atoms with Gasteiger partial charge in [0.25, 0.3) is 5.91 Å². The van der Waals surface area contributed by atoms with Crippen molar-refractivity contribution in [2.45, 2.75) is 32.2 Å². The number of aromatic nitrogens is 2. The summed E-state index contributed by atoms with van der Waals surface area (Å²) in [7, 11) is 0. The smallest absolute Gasteiger partial charge is 0.260 e. The van der Waals surface area contributed by atoms with E-state index >= 15 is 0 Å². The molecule has 1 aliphatic rings. The number of amides is 1. The molecule has 0 aliphatic carbocycles. The van der Waals surface area contributed by atoms with E-state index in [2.05, 4.69) is 16.9 Å². The van der Waals surface area contributed by atoms with E-state index < -0.39 is 0 Å². The Bertz CT molecular complexity index is 613. The van der Waals surface area contributed by atoms with Crippen LogP contribution in [-0.4, -0.2) is 40.0 Å². The lowest BCUT2D eigenvalue weighted by Crippen LogP contribution is -2.44. The zero-order valence-electron chi connectivity index (χ0n) is 11.4. The number of hydrogen-bond acceptors (Lipinski definition) is 5. The fourth-order valence-corrected chi connectivity index (χ4v) is 3.29. The van der Waals surface area contributed by atoms with Crippen LogP contribution in [0.1, 0.15) is 26.2 Å². The van der Waals surface area contributed by atoms with E-state index in [0.717, 1.165) is 29.6 Å². The molecule has 0 unspecified atom stereocenters. The van der Waals surface area contributed by atoms with Crippen LogP contribution in [0, 0.1) is 0 Å². The summed E-state index contributed by atoms with van der Waals surface area (Å²) < 4.78 is 5.61. The molecule has 20 heavy (non-hydrogen) atoms. The maximum absolute atomic E-state index is 12.2. The number of thiophene rings is 1. The number of fused-ring (bicyclic) bond motifs is 1. The van der Waals surface area contributed by atoms with Crippen molar-refractivity contribution >= 4 is 27.5 Å². The van der Waals surface area contributed by atoms with Gasteiger partial charge in [0.05, 0.1) is 5.39 Å². The number of rotatable bonds is 3. The Morgan fingerprint density at radius 2 is 2.40 bits per heavy atom. The van der Waals surface area contributed by atoms with Crippen molar-refractivity contribution < 1.29 is 9.53 Å². The number of carbonyl (C=O) groups excluding carboxylic acids is 1. The number of hydrogen-bond donors (Lipinski definition) is 0. The lowest BCUT2D eigenvalue weighted by atomic mass is 10.0. The molecule has 6 heteroatoms. The van der Waals surface area contributed by atoms with E-state index in [9.17, 15) is 4.79 Å². The summed E-state index contributed by atoms with van der Waals surface area (Å²) in [6.07, 6.45) is 4.84. The average molecular weight is 291 g/mol. The van der Waals surface area contributed by atoms with Gasteiger partial charge in [-0.05, 0) is 37.6 Å². The molecule has 5 nitrogen and oxygen atoms in total. The third-order valence-electron chi connectivity index (χ3n) is 3.68. The third kappa shape index (κ3) is 2.60. The van der Waals surface area contributed by atoms with Crippen LogP contribution in [0.3, 0.4) is 0 Å². The zero-order valence-corrected chi connectivity index (χ0v) is 12.2. The maximum Gasteiger partial charge on any atom is 0.260 e. The van der Waals surface area contributed by atoms with E-state index in [1.807, 2.05) is 16.3 Å².